The van der Waals surface area contributed by atoms with Gasteiger partial charge in [0.1, 0.15) is 11.5 Å². The minimum Gasteiger partial charge on any atom is -0.496 e. The van der Waals surface area contributed by atoms with E-state index in [9.17, 15) is 8.42 Å². The van der Waals surface area contributed by atoms with Crippen LogP contribution in [0.1, 0.15) is 12.5 Å². The van der Waals surface area contributed by atoms with Gasteiger partial charge in [-0.15, -0.1) is 0 Å². The van der Waals surface area contributed by atoms with Crippen LogP contribution in [0.3, 0.4) is 0 Å². The third-order valence-corrected chi connectivity index (χ3v) is 5.25. The summed E-state index contributed by atoms with van der Waals surface area (Å²) >= 11 is 0. The highest BCUT2D eigenvalue weighted by Crippen LogP contribution is 2.23. The molecule has 2 aromatic carbocycles. The Balaban J connectivity index is 2.21. The lowest BCUT2D eigenvalue weighted by Crippen LogP contribution is -2.26. The molecule has 0 amide bonds. The van der Waals surface area contributed by atoms with Crippen LogP contribution in [-0.4, -0.2) is 33.5 Å². The topological polar surface area (TPSA) is 55.8 Å². The molecular formula is C17H21NO4S. The van der Waals surface area contributed by atoms with Gasteiger partial charge in [-0.05, 0) is 37.3 Å². The maximum absolute atomic E-state index is 12.6. The average Bonchev–Trinajstić information content (AvgIpc) is 2.56. The normalized spacial score (nSPS) is 11.5. The molecule has 23 heavy (non-hydrogen) atoms. The molecule has 2 rings (SSSR count). The fourth-order valence-corrected chi connectivity index (χ4v) is 3.36. The Morgan fingerprint density at radius 2 is 1.70 bits per heavy atom. The number of nitrogens with zero attached hydrogens (tertiary/aromatic N) is 1. The van der Waals surface area contributed by atoms with Crippen LogP contribution in [0.4, 0.5) is 0 Å². The van der Waals surface area contributed by atoms with Crippen molar-refractivity contribution in [1.29, 1.82) is 0 Å². The summed E-state index contributed by atoms with van der Waals surface area (Å²) in [5, 5.41) is 0. The van der Waals surface area contributed by atoms with Gasteiger partial charge in [0.2, 0.25) is 10.0 Å². The van der Waals surface area contributed by atoms with Crippen molar-refractivity contribution in [1.82, 2.24) is 4.31 Å². The lowest BCUT2D eigenvalue weighted by atomic mass is 10.2. The molecular weight excluding hydrogens is 314 g/mol. The Morgan fingerprint density at radius 3 is 2.30 bits per heavy atom. The van der Waals surface area contributed by atoms with Gasteiger partial charge in [-0.1, -0.05) is 18.2 Å². The van der Waals surface area contributed by atoms with Gasteiger partial charge >= 0.3 is 0 Å². The van der Waals surface area contributed by atoms with E-state index in [1.807, 2.05) is 31.2 Å². The molecule has 0 fully saturated rings. The van der Waals surface area contributed by atoms with Crippen LogP contribution in [0.25, 0.3) is 0 Å². The maximum Gasteiger partial charge on any atom is 0.243 e. The van der Waals surface area contributed by atoms with E-state index < -0.39 is 10.0 Å². The maximum atomic E-state index is 12.6. The summed E-state index contributed by atoms with van der Waals surface area (Å²) in [4.78, 5) is 0.235. The molecule has 6 heteroatoms. The molecule has 0 atom stereocenters. The SMILES string of the molecule is CCOc1ccc(S(=O)(=O)N(C)Cc2ccccc2OC)cc1. The summed E-state index contributed by atoms with van der Waals surface area (Å²) in [6, 6.07) is 13.8. The predicted molar refractivity (Wildman–Crippen MR) is 89.3 cm³/mol. The van der Waals surface area contributed by atoms with Crippen LogP contribution in [0, 0.1) is 0 Å². The highest BCUT2D eigenvalue weighted by atomic mass is 32.2. The molecule has 124 valence electrons. The van der Waals surface area contributed by atoms with Gasteiger partial charge in [0.25, 0.3) is 0 Å². The second-order valence-electron chi connectivity index (χ2n) is 4.98. The van der Waals surface area contributed by atoms with Crippen LogP contribution in [-0.2, 0) is 16.6 Å². The molecule has 5 nitrogen and oxygen atoms in total. The minimum atomic E-state index is -3.57. The quantitative estimate of drug-likeness (QED) is 0.781. The molecule has 0 saturated heterocycles. The summed E-state index contributed by atoms with van der Waals surface area (Å²) < 4.78 is 37.2. The van der Waals surface area contributed by atoms with E-state index in [1.165, 1.54) is 4.31 Å². The molecule has 0 N–H and O–H groups in total. The van der Waals surface area contributed by atoms with Gasteiger partial charge in [0.15, 0.2) is 0 Å². The highest BCUT2D eigenvalue weighted by molar-refractivity contribution is 7.89. The summed E-state index contributed by atoms with van der Waals surface area (Å²) in [6.45, 7) is 2.66. The summed E-state index contributed by atoms with van der Waals surface area (Å²) in [6.07, 6.45) is 0. The van der Waals surface area contributed by atoms with Gasteiger partial charge in [0, 0.05) is 19.2 Å². The van der Waals surface area contributed by atoms with Crippen LogP contribution in [0.2, 0.25) is 0 Å². The van der Waals surface area contributed by atoms with E-state index in [2.05, 4.69) is 0 Å². The number of sulfonamides is 1. The first-order chi connectivity index (χ1) is 11.0. The Bertz CT molecular complexity index is 741. The van der Waals surface area contributed by atoms with Gasteiger partial charge in [-0.3, -0.25) is 0 Å². The monoisotopic (exact) mass is 335 g/mol. The molecule has 0 aliphatic heterocycles. The van der Waals surface area contributed by atoms with Gasteiger partial charge < -0.3 is 9.47 Å². The fourth-order valence-electron chi connectivity index (χ4n) is 2.21. The van der Waals surface area contributed by atoms with E-state index in [1.54, 1.807) is 38.4 Å². The largest absolute Gasteiger partial charge is 0.496 e. The molecule has 0 heterocycles. The second kappa shape index (κ2) is 7.48. The third kappa shape index (κ3) is 4.03. The molecule has 0 unspecified atom stereocenters. The zero-order valence-electron chi connectivity index (χ0n) is 13.5. The summed E-state index contributed by atoms with van der Waals surface area (Å²) in [7, 11) is -0.449. The molecule has 0 saturated carbocycles. The van der Waals surface area contributed by atoms with Crippen molar-refractivity contribution in [2.24, 2.45) is 0 Å². The molecule has 0 aliphatic rings. The van der Waals surface area contributed by atoms with Gasteiger partial charge in [0.05, 0.1) is 18.6 Å². The number of rotatable bonds is 7. The van der Waals surface area contributed by atoms with E-state index >= 15 is 0 Å². The summed E-state index contributed by atoms with van der Waals surface area (Å²) in [5.41, 5.74) is 0.812. The van der Waals surface area contributed by atoms with Crippen LogP contribution < -0.4 is 9.47 Å². The Labute approximate surface area is 137 Å². The lowest BCUT2D eigenvalue weighted by molar-refractivity contribution is 0.340. The standard InChI is InChI=1S/C17H21NO4S/c1-4-22-15-9-11-16(12-10-15)23(19,20)18(2)13-14-7-5-6-8-17(14)21-3/h5-12H,4,13H2,1-3H3. The van der Waals surface area contributed by atoms with Crippen LogP contribution in [0.15, 0.2) is 53.4 Å². The Hall–Kier alpha value is -2.05. The fraction of sp³-hybridized carbons (Fsp3) is 0.294. The van der Waals surface area contributed by atoms with Crippen molar-refractivity contribution in [3.05, 3.63) is 54.1 Å². The first-order valence-corrected chi connectivity index (χ1v) is 8.74. The molecule has 2 aromatic rings. The highest BCUT2D eigenvalue weighted by Gasteiger charge is 2.21. The zero-order valence-corrected chi connectivity index (χ0v) is 14.3. The second-order valence-corrected chi connectivity index (χ2v) is 7.02. The van der Waals surface area contributed by atoms with Crippen molar-refractivity contribution in [2.45, 2.75) is 18.4 Å². The molecule has 0 radical (unpaired) electrons. The number of benzene rings is 2. The smallest absolute Gasteiger partial charge is 0.243 e. The average molecular weight is 335 g/mol. The zero-order chi connectivity index (χ0) is 16.9. The number of ether oxygens (including phenoxy) is 2. The van der Waals surface area contributed by atoms with Gasteiger partial charge in [-0.2, -0.15) is 4.31 Å². The van der Waals surface area contributed by atoms with Crippen molar-refractivity contribution in [2.75, 3.05) is 20.8 Å². The number of hydrogen-bond donors (Lipinski definition) is 0. The van der Waals surface area contributed by atoms with Crippen molar-refractivity contribution in [3.63, 3.8) is 0 Å². The number of para-hydroxylation sites is 1. The van der Waals surface area contributed by atoms with Crippen LogP contribution >= 0.6 is 0 Å². The van der Waals surface area contributed by atoms with E-state index in [0.29, 0.717) is 18.1 Å². The molecule has 0 aliphatic carbocycles. The van der Waals surface area contributed by atoms with Gasteiger partial charge in [-0.25, -0.2) is 8.42 Å². The minimum absolute atomic E-state index is 0.235. The molecule has 0 bridgehead atoms. The number of hydrogen-bond acceptors (Lipinski definition) is 4. The molecule has 0 aromatic heterocycles. The van der Waals surface area contributed by atoms with Crippen LogP contribution in [0.5, 0.6) is 11.5 Å². The van der Waals surface area contributed by atoms with Crippen molar-refractivity contribution < 1.29 is 17.9 Å². The van der Waals surface area contributed by atoms with Crippen molar-refractivity contribution >= 4 is 10.0 Å². The Morgan fingerprint density at radius 1 is 1.04 bits per heavy atom. The lowest BCUT2D eigenvalue weighted by Gasteiger charge is -2.19. The first kappa shape index (κ1) is 17.3. The molecule has 0 spiro atoms. The predicted octanol–water partition coefficient (Wildman–Crippen LogP) is 2.91. The van der Waals surface area contributed by atoms with E-state index in [0.717, 1.165) is 5.56 Å². The van der Waals surface area contributed by atoms with E-state index in [-0.39, 0.29) is 11.4 Å². The summed E-state index contributed by atoms with van der Waals surface area (Å²) in [5.74, 6) is 1.32. The Kier molecular flexibility index (Phi) is 5.63. The number of methoxy groups -OCH3 is 1. The third-order valence-electron chi connectivity index (χ3n) is 3.43. The van der Waals surface area contributed by atoms with Crippen molar-refractivity contribution in [3.8, 4) is 11.5 Å². The first-order valence-electron chi connectivity index (χ1n) is 7.30. The van der Waals surface area contributed by atoms with E-state index in [4.69, 9.17) is 9.47 Å².